The fourth-order valence-corrected chi connectivity index (χ4v) is 2.33. The fourth-order valence-electron chi connectivity index (χ4n) is 2.33. The molecule has 106 valence electrons. The van der Waals surface area contributed by atoms with E-state index in [9.17, 15) is 9.90 Å². The Morgan fingerprint density at radius 2 is 2.26 bits per heavy atom. The summed E-state index contributed by atoms with van der Waals surface area (Å²) >= 11 is 0. The van der Waals surface area contributed by atoms with Gasteiger partial charge in [-0.2, -0.15) is 0 Å². The number of aryl methyl sites for hydroxylation is 1. The molecule has 0 radical (unpaired) electrons. The molecule has 1 fully saturated rings. The van der Waals surface area contributed by atoms with Crippen LogP contribution in [0.1, 0.15) is 35.4 Å². The number of aliphatic hydroxyl groups excluding tert-OH is 1. The highest BCUT2D eigenvalue weighted by molar-refractivity contribution is 5.92. The quantitative estimate of drug-likeness (QED) is 0.785. The van der Waals surface area contributed by atoms with E-state index < -0.39 is 0 Å². The van der Waals surface area contributed by atoms with Crippen LogP contribution < -0.4 is 5.32 Å². The molecule has 0 bridgehead atoms. The summed E-state index contributed by atoms with van der Waals surface area (Å²) in [7, 11) is 0. The maximum Gasteiger partial charge on any atom is 0.287 e. The van der Waals surface area contributed by atoms with Gasteiger partial charge in [-0.1, -0.05) is 0 Å². The Bertz CT molecular complexity index is 409. The van der Waals surface area contributed by atoms with Gasteiger partial charge in [0.15, 0.2) is 5.76 Å². The molecule has 1 aliphatic heterocycles. The summed E-state index contributed by atoms with van der Waals surface area (Å²) in [6, 6.07) is 1.79. The van der Waals surface area contributed by atoms with E-state index in [1.54, 1.807) is 6.07 Å². The minimum atomic E-state index is -0.142. The molecule has 5 nitrogen and oxygen atoms in total. The number of carbonyl (C=O) groups excluding carboxylic acids is 1. The molecular formula is C14H22N2O3. The zero-order valence-electron chi connectivity index (χ0n) is 11.4. The Morgan fingerprint density at radius 3 is 2.89 bits per heavy atom. The van der Waals surface area contributed by atoms with Crippen molar-refractivity contribution in [3.05, 3.63) is 23.7 Å². The highest BCUT2D eigenvalue weighted by atomic mass is 16.3. The summed E-state index contributed by atoms with van der Waals surface area (Å²) in [5.41, 5.74) is 0.863. The third-order valence-electron chi connectivity index (χ3n) is 3.56. The Morgan fingerprint density at radius 1 is 1.53 bits per heavy atom. The predicted molar refractivity (Wildman–Crippen MR) is 72.1 cm³/mol. The maximum absolute atomic E-state index is 11.8. The lowest BCUT2D eigenvalue weighted by molar-refractivity contribution is 0.0814. The van der Waals surface area contributed by atoms with Crippen LogP contribution in [0, 0.1) is 6.92 Å². The molecule has 1 aromatic heterocycles. The minimum absolute atomic E-state index is 0.127. The van der Waals surface area contributed by atoms with Crippen LogP contribution in [0.5, 0.6) is 0 Å². The van der Waals surface area contributed by atoms with Crippen LogP contribution in [0.2, 0.25) is 0 Å². The third-order valence-corrected chi connectivity index (χ3v) is 3.56. The van der Waals surface area contributed by atoms with E-state index in [1.807, 2.05) is 6.92 Å². The summed E-state index contributed by atoms with van der Waals surface area (Å²) in [6.07, 6.45) is 4.04. The zero-order valence-corrected chi connectivity index (χ0v) is 11.4. The molecule has 0 atom stereocenters. The van der Waals surface area contributed by atoms with E-state index in [-0.39, 0.29) is 12.0 Å². The van der Waals surface area contributed by atoms with Gasteiger partial charge in [0.05, 0.1) is 12.4 Å². The van der Waals surface area contributed by atoms with Gasteiger partial charge in [-0.05, 0) is 38.8 Å². The van der Waals surface area contributed by atoms with E-state index in [1.165, 1.54) is 6.26 Å². The smallest absolute Gasteiger partial charge is 0.287 e. The second-order valence-electron chi connectivity index (χ2n) is 5.12. The minimum Gasteiger partial charge on any atom is -0.459 e. The summed E-state index contributed by atoms with van der Waals surface area (Å²) in [4.78, 5) is 14.1. The van der Waals surface area contributed by atoms with Crippen molar-refractivity contribution >= 4 is 5.91 Å². The van der Waals surface area contributed by atoms with Gasteiger partial charge in [-0.25, -0.2) is 0 Å². The molecule has 2 N–H and O–H groups in total. The first-order chi connectivity index (χ1) is 9.16. The average Bonchev–Trinajstić information content (AvgIpc) is 2.83. The first-order valence-electron chi connectivity index (χ1n) is 6.89. The SMILES string of the molecule is Cc1ccoc1C(=O)NCCCN1CCC(O)CC1. The van der Waals surface area contributed by atoms with Gasteiger partial charge >= 0.3 is 0 Å². The van der Waals surface area contributed by atoms with Crippen LogP contribution in [-0.4, -0.2) is 48.2 Å². The lowest BCUT2D eigenvalue weighted by Crippen LogP contribution is -2.37. The number of aliphatic hydroxyl groups is 1. The van der Waals surface area contributed by atoms with Gasteiger partial charge in [-0.3, -0.25) is 4.79 Å². The van der Waals surface area contributed by atoms with E-state index >= 15 is 0 Å². The van der Waals surface area contributed by atoms with Crippen LogP contribution in [-0.2, 0) is 0 Å². The highest BCUT2D eigenvalue weighted by Crippen LogP contribution is 2.10. The molecule has 0 spiro atoms. The van der Waals surface area contributed by atoms with Crippen molar-refractivity contribution in [2.45, 2.75) is 32.3 Å². The fraction of sp³-hybridized carbons (Fsp3) is 0.643. The summed E-state index contributed by atoms with van der Waals surface area (Å²) in [5, 5.41) is 12.3. The number of hydrogen-bond donors (Lipinski definition) is 2. The van der Waals surface area contributed by atoms with Crippen molar-refractivity contribution < 1.29 is 14.3 Å². The Kier molecular flexibility index (Phi) is 4.99. The molecule has 2 heterocycles. The molecule has 0 aromatic carbocycles. The van der Waals surface area contributed by atoms with Crippen LogP contribution in [0.4, 0.5) is 0 Å². The molecule has 1 aliphatic rings. The van der Waals surface area contributed by atoms with Crippen LogP contribution >= 0.6 is 0 Å². The topological polar surface area (TPSA) is 65.7 Å². The van der Waals surface area contributed by atoms with E-state index in [0.717, 1.165) is 44.5 Å². The van der Waals surface area contributed by atoms with Gasteiger partial charge in [0.2, 0.25) is 0 Å². The first-order valence-corrected chi connectivity index (χ1v) is 6.89. The normalized spacial score (nSPS) is 17.6. The third kappa shape index (κ3) is 4.08. The van der Waals surface area contributed by atoms with Gasteiger partial charge < -0.3 is 19.7 Å². The molecular weight excluding hydrogens is 244 g/mol. The molecule has 0 unspecified atom stereocenters. The maximum atomic E-state index is 11.8. The number of carbonyl (C=O) groups is 1. The van der Waals surface area contributed by atoms with Gasteiger partial charge in [-0.15, -0.1) is 0 Å². The Balaban J connectivity index is 1.62. The number of amides is 1. The van der Waals surface area contributed by atoms with E-state index in [2.05, 4.69) is 10.2 Å². The van der Waals surface area contributed by atoms with Crippen molar-refractivity contribution in [2.75, 3.05) is 26.2 Å². The second-order valence-corrected chi connectivity index (χ2v) is 5.12. The average molecular weight is 266 g/mol. The molecule has 5 heteroatoms. The summed E-state index contributed by atoms with van der Waals surface area (Å²) in [6.45, 7) is 5.37. The molecule has 0 saturated carbocycles. The highest BCUT2D eigenvalue weighted by Gasteiger charge is 2.16. The van der Waals surface area contributed by atoms with Crippen molar-refractivity contribution in [3.63, 3.8) is 0 Å². The van der Waals surface area contributed by atoms with Crippen molar-refractivity contribution in [1.29, 1.82) is 0 Å². The predicted octanol–water partition coefficient (Wildman–Crippen LogP) is 1.16. The number of hydrogen-bond acceptors (Lipinski definition) is 4. The second kappa shape index (κ2) is 6.73. The number of nitrogens with zero attached hydrogens (tertiary/aromatic N) is 1. The monoisotopic (exact) mass is 266 g/mol. The van der Waals surface area contributed by atoms with Crippen molar-refractivity contribution in [3.8, 4) is 0 Å². The van der Waals surface area contributed by atoms with E-state index in [0.29, 0.717) is 12.3 Å². The van der Waals surface area contributed by atoms with Crippen molar-refractivity contribution in [1.82, 2.24) is 10.2 Å². The van der Waals surface area contributed by atoms with Gasteiger partial charge in [0.1, 0.15) is 0 Å². The number of furan rings is 1. The lowest BCUT2D eigenvalue weighted by atomic mass is 10.1. The molecule has 1 amide bonds. The van der Waals surface area contributed by atoms with Gasteiger partial charge in [0, 0.05) is 25.2 Å². The largest absolute Gasteiger partial charge is 0.459 e. The Labute approximate surface area is 113 Å². The van der Waals surface area contributed by atoms with Gasteiger partial charge in [0.25, 0.3) is 5.91 Å². The number of rotatable bonds is 5. The lowest BCUT2D eigenvalue weighted by Gasteiger charge is -2.29. The molecule has 0 aliphatic carbocycles. The number of likely N-dealkylation sites (tertiary alicyclic amines) is 1. The van der Waals surface area contributed by atoms with Crippen LogP contribution in [0.3, 0.4) is 0 Å². The Hall–Kier alpha value is -1.33. The van der Waals surface area contributed by atoms with Crippen LogP contribution in [0.15, 0.2) is 16.7 Å². The van der Waals surface area contributed by atoms with Crippen molar-refractivity contribution in [2.24, 2.45) is 0 Å². The molecule has 2 rings (SSSR count). The molecule has 1 saturated heterocycles. The number of piperidine rings is 1. The molecule has 1 aromatic rings. The summed E-state index contributed by atoms with van der Waals surface area (Å²) < 4.78 is 5.13. The standard InChI is InChI=1S/C14H22N2O3/c1-11-5-10-19-13(11)14(18)15-6-2-7-16-8-3-12(17)4-9-16/h5,10,12,17H,2-4,6-9H2,1H3,(H,15,18). The zero-order chi connectivity index (χ0) is 13.7. The molecule has 19 heavy (non-hydrogen) atoms. The number of nitrogens with one attached hydrogen (secondary N) is 1. The first kappa shape index (κ1) is 14.1. The summed E-state index contributed by atoms with van der Waals surface area (Å²) in [5.74, 6) is 0.262. The van der Waals surface area contributed by atoms with E-state index in [4.69, 9.17) is 4.42 Å². The van der Waals surface area contributed by atoms with Crippen LogP contribution in [0.25, 0.3) is 0 Å².